The number of carbonyl (C=O) groups is 3. The Labute approximate surface area is 199 Å². The van der Waals surface area contributed by atoms with E-state index in [1.165, 1.54) is 6.21 Å². The zero-order valence-corrected chi connectivity index (χ0v) is 20.2. The molecule has 0 unspecified atom stereocenters. The summed E-state index contributed by atoms with van der Waals surface area (Å²) in [6.07, 6.45) is 2.03. The minimum absolute atomic E-state index is 0.121. The standard InChI is InChI=1S/C22H24BrClN4O4/c1-4-14(3)26-21(30)22(31)28-25-11-15-9-16(23)6-8-19(15)32-12-20(29)27-18-10-17(24)7-5-13(18)2/h5-11,14H,4,12H2,1-3H3,(H,26,30)(H,27,29)(H,28,31)/b25-11-/t14-/m1/s1. The molecule has 2 aromatic rings. The molecule has 0 radical (unpaired) electrons. The Morgan fingerprint density at radius 1 is 1.19 bits per heavy atom. The fourth-order valence-electron chi connectivity index (χ4n) is 2.41. The molecule has 8 nitrogen and oxygen atoms in total. The minimum atomic E-state index is -0.879. The molecule has 1 atom stereocenters. The number of hydrogen-bond acceptors (Lipinski definition) is 5. The molecule has 0 aliphatic heterocycles. The highest BCUT2D eigenvalue weighted by Gasteiger charge is 2.14. The molecule has 3 amide bonds. The van der Waals surface area contributed by atoms with E-state index in [2.05, 4.69) is 37.1 Å². The van der Waals surface area contributed by atoms with E-state index in [1.54, 1.807) is 43.3 Å². The van der Waals surface area contributed by atoms with Crippen LogP contribution in [0.15, 0.2) is 46.0 Å². The average molecular weight is 524 g/mol. The van der Waals surface area contributed by atoms with Gasteiger partial charge >= 0.3 is 11.8 Å². The SMILES string of the molecule is CC[C@@H](C)NC(=O)C(=O)N/N=C\c1cc(Br)ccc1OCC(=O)Nc1cc(Cl)ccc1C. The molecule has 0 fully saturated rings. The highest BCUT2D eigenvalue weighted by atomic mass is 79.9. The number of amides is 3. The molecular formula is C22H24BrClN4O4. The van der Waals surface area contributed by atoms with E-state index in [0.29, 0.717) is 28.4 Å². The predicted octanol–water partition coefficient (Wildman–Crippen LogP) is 3.79. The molecule has 170 valence electrons. The van der Waals surface area contributed by atoms with Gasteiger partial charge in [0.2, 0.25) is 0 Å². The summed E-state index contributed by atoms with van der Waals surface area (Å²) in [6.45, 7) is 5.29. The molecule has 0 bridgehead atoms. The van der Waals surface area contributed by atoms with Crippen molar-refractivity contribution in [3.05, 3.63) is 57.0 Å². The lowest BCUT2D eigenvalue weighted by atomic mass is 10.2. The van der Waals surface area contributed by atoms with Crippen LogP contribution in [0.4, 0.5) is 5.69 Å². The maximum absolute atomic E-state index is 12.3. The van der Waals surface area contributed by atoms with Crippen LogP contribution in [0.5, 0.6) is 5.75 Å². The van der Waals surface area contributed by atoms with E-state index < -0.39 is 11.8 Å². The monoisotopic (exact) mass is 522 g/mol. The third kappa shape index (κ3) is 7.97. The Kier molecular flexibility index (Phi) is 9.67. The highest BCUT2D eigenvalue weighted by Crippen LogP contribution is 2.23. The molecule has 2 aromatic carbocycles. The van der Waals surface area contributed by atoms with Crippen LogP contribution in [-0.2, 0) is 14.4 Å². The molecule has 0 aliphatic carbocycles. The summed E-state index contributed by atoms with van der Waals surface area (Å²) in [6, 6.07) is 10.2. The number of carbonyl (C=O) groups excluding carboxylic acids is 3. The Morgan fingerprint density at radius 3 is 2.66 bits per heavy atom. The van der Waals surface area contributed by atoms with Gasteiger partial charge in [-0.15, -0.1) is 0 Å². The normalized spacial score (nSPS) is 11.7. The van der Waals surface area contributed by atoms with Crippen molar-refractivity contribution in [2.24, 2.45) is 5.10 Å². The topological polar surface area (TPSA) is 109 Å². The number of halogens is 2. The Morgan fingerprint density at radius 2 is 1.94 bits per heavy atom. The van der Waals surface area contributed by atoms with E-state index in [4.69, 9.17) is 16.3 Å². The van der Waals surface area contributed by atoms with Gasteiger partial charge < -0.3 is 15.4 Å². The second-order valence-corrected chi connectivity index (χ2v) is 8.31. The molecule has 0 aromatic heterocycles. The van der Waals surface area contributed by atoms with Crippen LogP contribution >= 0.6 is 27.5 Å². The van der Waals surface area contributed by atoms with Crippen molar-refractivity contribution in [1.29, 1.82) is 0 Å². The number of anilines is 1. The van der Waals surface area contributed by atoms with Crippen LogP contribution in [0.3, 0.4) is 0 Å². The summed E-state index contributed by atoms with van der Waals surface area (Å²) in [5.74, 6) is -1.64. The lowest BCUT2D eigenvalue weighted by Crippen LogP contribution is -2.41. The minimum Gasteiger partial charge on any atom is -0.483 e. The van der Waals surface area contributed by atoms with Gasteiger partial charge in [0, 0.05) is 26.8 Å². The fourth-order valence-corrected chi connectivity index (χ4v) is 2.96. The number of hydrazone groups is 1. The summed E-state index contributed by atoms with van der Waals surface area (Å²) in [4.78, 5) is 35.9. The van der Waals surface area contributed by atoms with Gasteiger partial charge in [-0.2, -0.15) is 5.10 Å². The van der Waals surface area contributed by atoms with Crippen molar-refractivity contribution in [2.45, 2.75) is 33.2 Å². The maximum atomic E-state index is 12.3. The zero-order chi connectivity index (χ0) is 23.7. The highest BCUT2D eigenvalue weighted by molar-refractivity contribution is 9.10. The van der Waals surface area contributed by atoms with E-state index in [0.717, 1.165) is 10.0 Å². The molecule has 2 rings (SSSR count). The first kappa shape index (κ1) is 25.4. The second kappa shape index (κ2) is 12.2. The number of benzene rings is 2. The van der Waals surface area contributed by atoms with Crippen LogP contribution in [0.25, 0.3) is 0 Å². The molecule has 10 heteroatoms. The summed E-state index contributed by atoms with van der Waals surface area (Å²) in [7, 11) is 0. The van der Waals surface area contributed by atoms with Crippen LogP contribution in [0.1, 0.15) is 31.4 Å². The Hall–Kier alpha value is -2.91. The van der Waals surface area contributed by atoms with Crippen molar-refractivity contribution >= 4 is 57.2 Å². The summed E-state index contributed by atoms with van der Waals surface area (Å²) >= 11 is 9.33. The van der Waals surface area contributed by atoms with Crippen LogP contribution in [0, 0.1) is 6.92 Å². The van der Waals surface area contributed by atoms with Gasteiger partial charge in [-0.05, 0) is 56.2 Å². The Balaban J connectivity index is 1.99. The third-order valence-electron chi connectivity index (χ3n) is 4.37. The summed E-state index contributed by atoms with van der Waals surface area (Å²) < 4.78 is 6.36. The number of nitrogens with zero attached hydrogens (tertiary/aromatic N) is 1. The van der Waals surface area contributed by atoms with Crippen molar-refractivity contribution in [2.75, 3.05) is 11.9 Å². The lowest BCUT2D eigenvalue weighted by Gasteiger charge is -2.12. The van der Waals surface area contributed by atoms with Gasteiger partial charge in [-0.25, -0.2) is 5.43 Å². The summed E-state index contributed by atoms with van der Waals surface area (Å²) in [5.41, 5.74) is 4.13. The number of aryl methyl sites for hydroxylation is 1. The Bertz CT molecular complexity index is 1030. The average Bonchev–Trinajstić information content (AvgIpc) is 2.75. The van der Waals surface area contributed by atoms with Gasteiger partial charge in [-0.1, -0.05) is 40.5 Å². The van der Waals surface area contributed by atoms with Gasteiger partial charge in [0.15, 0.2) is 6.61 Å². The van der Waals surface area contributed by atoms with Crippen LogP contribution in [-0.4, -0.2) is 36.6 Å². The lowest BCUT2D eigenvalue weighted by molar-refractivity contribution is -0.139. The zero-order valence-electron chi connectivity index (χ0n) is 17.9. The molecule has 0 heterocycles. The first-order chi connectivity index (χ1) is 15.2. The molecule has 0 spiro atoms. The van der Waals surface area contributed by atoms with Crippen LogP contribution in [0.2, 0.25) is 5.02 Å². The van der Waals surface area contributed by atoms with Gasteiger partial charge in [0.1, 0.15) is 5.75 Å². The quantitative estimate of drug-likeness (QED) is 0.278. The number of hydrogen-bond donors (Lipinski definition) is 3. The smallest absolute Gasteiger partial charge is 0.329 e. The molecule has 0 saturated carbocycles. The fraction of sp³-hybridized carbons (Fsp3) is 0.273. The largest absolute Gasteiger partial charge is 0.483 e. The van der Waals surface area contributed by atoms with E-state index >= 15 is 0 Å². The molecule has 3 N–H and O–H groups in total. The van der Waals surface area contributed by atoms with Gasteiger partial charge in [0.05, 0.1) is 6.21 Å². The van der Waals surface area contributed by atoms with Crippen LogP contribution < -0.4 is 20.8 Å². The van der Waals surface area contributed by atoms with Gasteiger partial charge in [0.25, 0.3) is 5.91 Å². The second-order valence-electron chi connectivity index (χ2n) is 6.96. The van der Waals surface area contributed by atoms with E-state index in [1.807, 2.05) is 13.8 Å². The molecular weight excluding hydrogens is 500 g/mol. The van der Waals surface area contributed by atoms with Crippen molar-refractivity contribution in [3.63, 3.8) is 0 Å². The molecule has 0 aliphatic rings. The van der Waals surface area contributed by atoms with Crippen molar-refractivity contribution in [1.82, 2.24) is 10.7 Å². The maximum Gasteiger partial charge on any atom is 0.329 e. The summed E-state index contributed by atoms with van der Waals surface area (Å²) in [5, 5.41) is 9.62. The molecule has 32 heavy (non-hydrogen) atoms. The van der Waals surface area contributed by atoms with Crippen molar-refractivity contribution < 1.29 is 19.1 Å². The van der Waals surface area contributed by atoms with E-state index in [-0.39, 0.29) is 18.6 Å². The van der Waals surface area contributed by atoms with Gasteiger partial charge in [-0.3, -0.25) is 14.4 Å². The van der Waals surface area contributed by atoms with Crippen molar-refractivity contribution in [3.8, 4) is 5.75 Å². The number of ether oxygens (including phenoxy) is 1. The third-order valence-corrected chi connectivity index (χ3v) is 5.10. The van der Waals surface area contributed by atoms with E-state index in [9.17, 15) is 14.4 Å². The number of rotatable bonds is 8. The number of nitrogens with one attached hydrogen (secondary N) is 3. The first-order valence-corrected chi connectivity index (χ1v) is 11.0. The molecule has 0 saturated heterocycles. The predicted molar refractivity (Wildman–Crippen MR) is 128 cm³/mol. The first-order valence-electron chi connectivity index (χ1n) is 9.81.